The SMILES string of the molecule is CC(C)(C)C#CC(=O)N(C(=O)Nc1ccccc1)c1ccccc1. The monoisotopic (exact) mass is 320 g/mol. The van der Waals surface area contributed by atoms with Gasteiger partial charge in [-0.15, -0.1) is 0 Å². The maximum absolute atomic E-state index is 12.6. The lowest BCUT2D eigenvalue weighted by atomic mass is 9.98. The first-order valence-electron chi connectivity index (χ1n) is 7.65. The molecule has 0 spiro atoms. The summed E-state index contributed by atoms with van der Waals surface area (Å²) in [5.74, 6) is 4.87. The quantitative estimate of drug-likeness (QED) is 0.839. The van der Waals surface area contributed by atoms with Gasteiger partial charge in [-0.1, -0.05) is 42.3 Å². The Hall–Kier alpha value is -3.06. The van der Waals surface area contributed by atoms with Crippen LogP contribution in [0.4, 0.5) is 16.2 Å². The highest BCUT2D eigenvalue weighted by molar-refractivity contribution is 6.23. The summed E-state index contributed by atoms with van der Waals surface area (Å²) in [5, 5.41) is 2.72. The molecule has 0 saturated carbocycles. The van der Waals surface area contributed by atoms with Crippen molar-refractivity contribution in [3.05, 3.63) is 60.7 Å². The lowest BCUT2D eigenvalue weighted by Gasteiger charge is -2.19. The third-order valence-corrected chi connectivity index (χ3v) is 2.99. The minimum Gasteiger partial charge on any atom is -0.307 e. The zero-order chi connectivity index (χ0) is 17.6. The lowest BCUT2D eigenvalue weighted by Crippen LogP contribution is -2.39. The van der Waals surface area contributed by atoms with E-state index < -0.39 is 11.9 Å². The second kappa shape index (κ2) is 7.47. The summed E-state index contributed by atoms with van der Waals surface area (Å²) in [6, 6.07) is 17.2. The average molecular weight is 320 g/mol. The molecule has 2 aromatic carbocycles. The van der Waals surface area contributed by atoms with Crippen molar-refractivity contribution in [2.75, 3.05) is 10.2 Å². The van der Waals surface area contributed by atoms with E-state index in [1.165, 1.54) is 0 Å². The number of nitrogens with zero attached hydrogens (tertiary/aromatic N) is 1. The predicted octanol–water partition coefficient (Wildman–Crippen LogP) is 4.30. The molecule has 0 heterocycles. The molecule has 4 nitrogen and oxygen atoms in total. The van der Waals surface area contributed by atoms with Crippen LogP contribution in [0.2, 0.25) is 0 Å². The molecule has 0 unspecified atom stereocenters. The number of rotatable bonds is 2. The van der Waals surface area contributed by atoms with Crippen LogP contribution in [-0.4, -0.2) is 11.9 Å². The van der Waals surface area contributed by atoms with Crippen LogP contribution >= 0.6 is 0 Å². The Morgan fingerprint density at radius 2 is 1.46 bits per heavy atom. The number of nitrogens with one attached hydrogen (secondary N) is 1. The van der Waals surface area contributed by atoms with Crippen LogP contribution in [0.15, 0.2) is 60.7 Å². The molecule has 0 aliphatic carbocycles. The highest BCUT2D eigenvalue weighted by atomic mass is 16.2. The molecule has 0 aromatic heterocycles. The van der Waals surface area contributed by atoms with Gasteiger partial charge in [0.2, 0.25) is 0 Å². The van der Waals surface area contributed by atoms with Crippen LogP contribution in [0.5, 0.6) is 0 Å². The molecule has 0 aliphatic rings. The van der Waals surface area contributed by atoms with Gasteiger partial charge >= 0.3 is 11.9 Å². The summed E-state index contributed by atoms with van der Waals surface area (Å²) in [4.78, 5) is 26.2. The number of anilines is 2. The van der Waals surface area contributed by atoms with Crippen LogP contribution in [-0.2, 0) is 4.79 Å². The number of benzene rings is 2. The Kier molecular flexibility index (Phi) is 5.39. The van der Waals surface area contributed by atoms with E-state index in [1.54, 1.807) is 36.4 Å². The highest BCUT2D eigenvalue weighted by Crippen LogP contribution is 2.17. The van der Waals surface area contributed by atoms with Crippen LogP contribution in [0.25, 0.3) is 0 Å². The molecule has 1 N–H and O–H groups in total. The Bertz CT molecular complexity index is 766. The molecule has 2 rings (SSSR count). The Labute approximate surface area is 142 Å². The second-order valence-electron chi connectivity index (χ2n) is 6.27. The Morgan fingerprint density at radius 1 is 0.917 bits per heavy atom. The number of amides is 3. The molecule has 0 saturated heterocycles. The zero-order valence-corrected chi connectivity index (χ0v) is 14.0. The van der Waals surface area contributed by atoms with Crippen molar-refractivity contribution in [2.24, 2.45) is 5.41 Å². The summed E-state index contributed by atoms with van der Waals surface area (Å²) in [6.45, 7) is 5.72. The number of hydrogen-bond acceptors (Lipinski definition) is 2. The van der Waals surface area contributed by atoms with Gasteiger partial charge in [0, 0.05) is 11.1 Å². The fourth-order valence-corrected chi connectivity index (χ4v) is 1.90. The molecule has 122 valence electrons. The van der Waals surface area contributed by atoms with E-state index in [2.05, 4.69) is 17.2 Å². The first kappa shape index (κ1) is 17.3. The minimum absolute atomic E-state index is 0.325. The maximum atomic E-state index is 12.6. The Morgan fingerprint density at radius 3 is 2.00 bits per heavy atom. The summed E-state index contributed by atoms with van der Waals surface area (Å²) >= 11 is 0. The van der Waals surface area contributed by atoms with E-state index in [1.807, 2.05) is 45.0 Å². The van der Waals surface area contributed by atoms with Crippen molar-refractivity contribution in [1.82, 2.24) is 0 Å². The van der Waals surface area contributed by atoms with Crippen molar-refractivity contribution < 1.29 is 9.59 Å². The molecule has 3 amide bonds. The predicted molar refractivity (Wildman–Crippen MR) is 96.6 cm³/mol. The number of para-hydroxylation sites is 2. The van der Waals surface area contributed by atoms with E-state index in [0.717, 1.165) is 4.90 Å². The first-order valence-corrected chi connectivity index (χ1v) is 7.65. The fourth-order valence-electron chi connectivity index (χ4n) is 1.90. The smallest absolute Gasteiger partial charge is 0.307 e. The summed E-state index contributed by atoms with van der Waals surface area (Å²) in [5.41, 5.74) is 0.757. The lowest BCUT2D eigenvalue weighted by molar-refractivity contribution is -0.112. The minimum atomic E-state index is -0.565. The molecule has 0 fully saturated rings. The summed E-state index contributed by atoms with van der Waals surface area (Å²) in [7, 11) is 0. The number of hydrogen-bond donors (Lipinski definition) is 1. The zero-order valence-electron chi connectivity index (χ0n) is 14.0. The van der Waals surface area contributed by atoms with E-state index in [0.29, 0.717) is 11.4 Å². The van der Waals surface area contributed by atoms with Gasteiger partial charge in [0.1, 0.15) is 0 Å². The topological polar surface area (TPSA) is 49.4 Å². The number of imide groups is 1. The number of carbonyl (C=O) groups excluding carboxylic acids is 2. The Balaban J connectivity index is 2.31. The van der Waals surface area contributed by atoms with Gasteiger partial charge in [-0.25, -0.2) is 9.69 Å². The van der Waals surface area contributed by atoms with Crippen LogP contribution in [0, 0.1) is 17.3 Å². The van der Waals surface area contributed by atoms with Gasteiger partial charge in [0.25, 0.3) is 0 Å². The molecule has 0 atom stereocenters. The van der Waals surface area contributed by atoms with E-state index >= 15 is 0 Å². The molecule has 0 bridgehead atoms. The molecule has 2 aromatic rings. The number of carbonyl (C=O) groups is 2. The first-order chi connectivity index (χ1) is 11.4. The molecular weight excluding hydrogens is 300 g/mol. The standard InChI is InChI=1S/C20H20N2O2/c1-20(2,3)15-14-18(23)22(17-12-8-5-9-13-17)19(24)21-16-10-6-4-7-11-16/h4-13H,1-3H3,(H,21,24). The molecule has 24 heavy (non-hydrogen) atoms. The van der Waals surface area contributed by atoms with Gasteiger partial charge in [-0.2, -0.15) is 0 Å². The van der Waals surface area contributed by atoms with Crippen molar-refractivity contribution >= 4 is 23.3 Å². The van der Waals surface area contributed by atoms with E-state index in [4.69, 9.17) is 0 Å². The van der Waals surface area contributed by atoms with E-state index in [9.17, 15) is 9.59 Å². The van der Waals surface area contributed by atoms with Gasteiger partial charge in [-0.05, 0) is 51.0 Å². The fraction of sp³-hybridized carbons (Fsp3) is 0.200. The molecular formula is C20H20N2O2. The van der Waals surface area contributed by atoms with Crippen LogP contribution in [0.3, 0.4) is 0 Å². The maximum Gasteiger partial charge on any atom is 0.333 e. The molecule has 0 aliphatic heterocycles. The summed E-state index contributed by atoms with van der Waals surface area (Å²) < 4.78 is 0. The van der Waals surface area contributed by atoms with Crippen molar-refractivity contribution in [2.45, 2.75) is 20.8 Å². The largest absolute Gasteiger partial charge is 0.333 e. The summed E-state index contributed by atoms with van der Waals surface area (Å²) in [6.07, 6.45) is 0. The van der Waals surface area contributed by atoms with Gasteiger partial charge in [0.05, 0.1) is 5.69 Å². The van der Waals surface area contributed by atoms with Crippen molar-refractivity contribution in [1.29, 1.82) is 0 Å². The number of urea groups is 1. The molecule has 0 radical (unpaired) electrons. The third-order valence-electron chi connectivity index (χ3n) is 2.99. The molecule has 4 heteroatoms. The van der Waals surface area contributed by atoms with Crippen LogP contribution in [0.1, 0.15) is 20.8 Å². The highest BCUT2D eigenvalue weighted by Gasteiger charge is 2.22. The van der Waals surface area contributed by atoms with Crippen molar-refractivity contribution in [3.63, 3.8) is 0 Å². The van der Waals surface area contributed by atoms with E-state index in [-0.39, 0.29) is 5.41 Å². The van der Waals surface area contributed by atoms with Gasteiger partial charge < -0.3 is 5.32 Å². The normalized spacial score (nSPS) is 10.3. The second-order valence-corrected chi connectivity index (χ2v) is 6.27. The average Bonchev–Trinajstić information content (AvgIpc) is 2.54. The van der Waals surface area contributed by atoms with Gasteiger partial charge in [-0.3, -0.25) is 4.79 Å². The van der Waals surface area contributed by atoms with Gasteiger partial charge in [0.15, 0.2) is 0 Å². The third kappa shape index (κ3) is 4.99. The van der Waals surface area contributed by atoms with Crippen LogP contribution < -0.4 is 10.2 Å². The van der Waals surface area contributed by atoms with Crippen molar-refractivity contribution in [3.8, 4) is 11.8 Å².